The Hall–Kier alpha value is -0.960. The lowest BCUT2D eigenvalue weighted by molar-refractivity contribution is 0.284. The zero-order chi connectivity index (χ0) is 16.1. The molecule has 0 aromatic heterocycles. The van der Waals surface area contributed by atoms with Gasteiger partial charge in [-0.2, -0.15) is 0 Å². The average molecular weight is 297 g/mol. The molecule has 0 bridgehead atoms. The first kappa shape index (κ1) is 18.1. The van der Waals surface area contributed by atoms with E-state index >= 15 is 0 Å². The second-order valence-electron chi connectivity index (χ2n) is 7.01. The largest absolute Gasteiger partial charge is 0.311 e. The van der Waals surface area contributed by atoms with Crippen LogP contribution in [0.5, 0.6) is 0 Å². The van der Waals surface area contributed by atoms with E-state index in [1.807, 2.05) is 0 Å². The predicted molar refractivity (Wildman–Crippen MR) is 85.6 cm³/mol. The highest BCUT2D eigenvalue weighted by molar-refractivity contribution is 5.28. The van der Waals surface area contributed by atoms with Crippen molar-refractivity contribution in [3.8, 4) is 0 Å². The molecular formula is C18H29F2N. The molecule has 0 radical (unpaired) electrons. The van der Waals surface area contributed by atoms with Crippen molar-refractivity contribution in [2.75, 3.05) is 6.54 Å². The van der Waals surface area contributed by atoms with Gasteiger partial charge in [0.05, 0.1) is 0 Å². The van der Waals surface area contributed by atoms with Gasteiger partial charge in [0, 0.05) is 23.6 Å². The summed E-state index contributed by atoms with van der Waals surface area (Å²) in [6, 6.07) is 4.00. The van der Waals surface area contributed by atoms with E-state index in [1.54, 1.807) is 6.07 Å². The molecule has 0 saturated carbocycles. The van der Waals surface area contributed by atoms with Crippen LogP contribution in [0.15, 0.2) is 18.2 Å². The quantitative estimate of drug-likeness (QED) is 0.730. The third kappa shape index (κ3) is 5.06. The lowest BCUT2D eigenvalue weighted by atomic mass is 9.72. The average Bonchev–Trinajstić information content (AvgIpc) is 2.35. The maximum Gasteiger partial charge on any atom is 0.129 e. The van der Waals surface area contributed by atoms with Gasteiger partial charge in [0.15, 0.2) is 0 Å². The monoisotopic (exact) mass is 297 g/mol. The summed E-state index contributed by atoms with van der Waals surface area (Å²) in [5.74, 6) is -0.936. The van der Waals surface area contributed by atoms with Crippen LogP contribution in [0.4, 0.5) is 8.78 Å². The fraction of sp³-hybridized carbons (Fsp3) is 0.667. The highest BCUT2D eigenvalue weighted by atomic mass is 19.1. The van der Waals surface area contributed by atoms with Crippen LogP contribution in [0.25, 0.3) is 0 Å². The first-order valence-electron chi connectivity index (χ1n) is 7.94. The fourth-order valence-electron chi connectivity index (χ4n) is 2.98. The van der Waals surface area contributed by atoms with Crippen molar-refractivity contribution in [3.63, 3.8) is 0 Å². The van der Waals surface area contributed by atoms with E-state index in [0.717, 1.165) is 31.7 Å². The maximum absolute atomic E-state index is 14.3. The molecule has 0 fully saturated rings. The van der Waals surface area contributed by atoms with Gasteiger partial charge < -0.3 is 5.32 Å². The van der Waals surface area contributed by atoms with Gasteiger partial charge in [0.25, 0.3) is 0 Å². The molecule has 1 nitrogen and oxygen atoms in total. The summed E-state index contributed by atoms with van der Waals surface area (Å²) >= 11 is 0. The van der Waals surface area contributed by atoms with Crippen LogP contribution < -0.4 is 5.32 Å². The summed E-state index contributed by atoms with van der Waals surface area (Å²) in [4.78, 5) is 0. The molecule has 1 aromatic carbocycles. The van der Waals surface area contributed by atoms with Gasteiger partial charge in [0.1, 0.15) is 11.6 Å². The Balaban J connectivity index is 3.20. The first-order valence-corrected chi connectivity index (χ1v) is 7.94. The number of hydrogen-bond acceptors (Lipinski definition) is 1. The smallest absolute Gasteiger partial charge is 0.129 e. The zero-order valence-corrected chi connectivity index (χ0v) is 14.0. The van der Waals surface area contributed by atoms with Crippen molar-refractivity contribution < 1.29 is 8.78 Å². The Morgan fingerprint density at radius 1 is 1.00 bits per heavy atom. The molecule has 0 spiro atoms. The Kier molecular flexibility index (Phi) is 6.33. The summed E-state index contributed by atoms with van der Waals surface area (Å²) < 4.78 is 27.6. The van der Waals surface area contributed by atoms with E-state index in [-0.39, 0.29) is 11.0 Å². The summed E-state index contributed by atoms with van der Waals surface area (Å²) in [6.45, 7) is 11.3. The molecular weight excluding hydrogens is 268 g/mol. The van der Waals surface area contributed by atoms with Crippen LogP contribution in [0, 0.1) is 11.6 Å². The minimum atomic E-state index is -0.512. The Morgan fingerprint density at radius 3 is 2.00 bits per heavy atom. The minimum absolute atomic E-state index is 0.0246. The number of benzene rings is 1. The van der Waals surface area contributed by atoms with Crippen molar-refractivity contribution >= 4 is 0 Å². The molecule has 21 heavy (non-hydrogen) atoms. The molecule has 1 aromatic rings. The van der Waals surface area contributed by atoms with E-state index in [2.05, 4.69) is 39.9 Å². The van der Waals surface area contributed by atoms with Gasteiger partial charge in [-0.1, -0.05) is 32.8 Å². The molecule has 0 atom stereocenters. The van der Waals surface area contributed by atoms with E-state index in [4.69, 9.17) is 0 Å². The number of halogens is 2. The molecule has 0 heterocycles. The fourth-order valence-corrected chi connectivity index (χ4v) is 2.98. The van der Waals surface area contributed by atoms with Crippen LogP contribution in [0.2, 0.25) is 0 Å². The zero-order valence-electron chi connectivity index (χ0n) is 14.0. The number of nitrogens with one attached hydrogen (secondary N) is 1. The highest BCUT2D eigenvalue weighted by Crippen LogP contribution is 2.36. The lowest BCUT2D eigenvalue weighted by Gasteiger charge is -2.37. The van der Waals surface area contributed by atoms with Gasteiger partial charge in [0.2, 0.25) is 0 Å². The van der Waals surface area contributed by atoms with E-state index in [0.29, 0.717) is 12.1 Å². The summed E-state index contributed by atoms with van der Waals surface area (Å²) in [5, 5.41) is 3.51. The van der Waals surface area contributed by atoms with Crippen LogP contribution >= 0.6 is 0 Å². The normalized spacial score (nSPS) is 12.7. The van der Waals surface area contributed by atoms with Crippen LogP contribution in [0.1, 0.15) is 65.9 Å². The third-order valence-corrected chi connectivity index (χ3v) is 3.92. The standard InChI is InChI=1S/C18H29F2N/c1-6-10-18(11-7-2,13-21-17(3,4)5)15-9-8-14(19)12-16(15)20/h8-9,12,21H,6-7,10-11,13H2,1-5H3. The van der Waals surface area contributed by atoms with E-state index < -0.39 is 11.6 Å². The SMILES string of the molecule is CCCC(CCC)(CNC(C)(C)C)c1ccc(F)cc1F. The molecule has 0 unspecified atom stereocenters. The van der Waals surface area contributed by atoms with Crippen molar-refractivity contribution in [2.24, 2.45) is 0 Å². The summed E-state index contributed by atoms with van der Waals surface area (Å²) in [6.07, 6.45) is 3.74. The van der Waals surface area contributed by atoms with Gasteiger partial charge in [-0.15, -0.1) is 0 Å². The van der Waals surface area contributed by atoms with Gasteiger partial charge in [-0.05, 0) is 45.2 Å². The van der Waals surface area contributed by atoms with Crippen molar-refractivity contribution in [3.05, 3.63) is 35.4 Å². The van der Waals surface area contributed by atoms with Crippen molar-refractivity contribution in [1.82, 2.24) is 5.32 Å². The Labute approximate surface area is 128 Å². The molecule has 120 valence electrons. The number of hydrogen-bond donors (Lipinski definition) is 1. The van der Waals surface area contributed by atoms with Crippen LogP contribution in [-0.4, -0.2) is 12.1 Å². The molecule has 0 aliphatic rings. The summed E-state index contributed by atoms with van der Waals surface area (Å²) in [5.41, 5.74) is 0.349. The molecule has 0 amide bonds. The molecule has 0 aliphatic heterocycles. The second-order valence-corrected chi connectivity index (χ2v) is 7.01. The van der Waals surface area contributed by atoms with Crippen LogP contribution in [-0.2, 0) is 5.41 Å². The second kappa shape index (κ2) is 7.35. The van der Waals surface area contributed by atoms with Gasteiger partial charge >= 0.3 is 0 Å². The topological polar surface area (TPSA) is 12.0 Å². The first-order chi connectivity index (χ1) is 9.74. The predicted octanol–water partition coefficient (Wildman–Crippen LogP) is 5.19. The van der Waals surface area contributed by atoms with E-state index in [1.165, 1.54) is 6.07 Å². The highest BCUT2D eigenvalue weighted by Gasteiger charge is 2.34. The summed E-state index contributed by atoms with van der Waals surface area (Å²) in [7, 11) is 0. The molecule has 3 heteroatoms. The molecule has 1 rings (SSSR count). The van der Waals surface area contributed by atoms with Crippen LogP contribution in [0.3, 0.4) is 0 Å². The van der Waals surface area contributed by atoms with Gasteiger partial charge in [-0.3, -0.25) is 0 Å². The Morgan fingerprint density at radius 2 is 1.57 bits per heavy atom. The maximum atomic E-state index is 14.3. The molecule has 0 saturated heterocycles. The van der Waals surface area contributed by atoms with Crippen molar-refractivity contribution in [2.45, 2.75) is 71.3 Å². The molecule has 0 aliphatic carbocycles. The van der Waals surface area contributed by atoms with Crippen molar-refractivity contribution in [1.29, 1.82) is 0 Å². The minimum Gasteiger partial charge on any atom is -0.311 e. The third-order valence-electron chi connectivity index (χ3n) is 3.92. The lowest BCUT2D eigenvalue weighted by Crippen LogP contribution is -2.46. The van der Waals surface area contributed by atoms with Gasteiger partial charge in [-0.25, -0.2) is 8.78 Å². The Bertz CT molecular complexity index is 443. The van der Waals surface area contributed by atoms with E-state index in [9.17, 15) is 8.78 Å². The molecule has 1 N–H and O–H groups in total. The number of rotatable bonds is 7.